The van der Waals surface area contributed by atoms with Crippen LogP contribution in [0, 0.1) is 11.7 Å². The van der Waals surface area contributed by atoms with E-state index in [1.54, 1.807) is 0 Å². The fourth-order valence-corrected chi connectivity index (χ4v) is 2.27. The summed E-state index contributed by atoms with van der Waals surface area (Å²) in [6.07, 6.45) is -3.09. The molecule has 0 amide bonds. The number of halogens is 5. The second-order valence-corrected chi connectivity index (χ2v) is 4.80. The van der Waals surface area contributed by atoms with Crippen molar-refractivity contribution in [3.05, 3.63) is 40.7 Å². The van der Waals surface area contributed by atoms with E-state index in [0.29, 0.717) is 11.4 Å². The van der Waals surface area contributed by atoms with Crippen molar-refractivity contribution in [2.75, 3.05) is 5.33 Å². The average molecular weight is 325 g/mol. The van der Waals surface area contributed by atoms with Crippen LogP contribution in [0.3, 0.4) is 0 Å². The van der Waals surface area contributed by atoms with Crippen molar-refractivity contribution in [3.8, 4) is 0 Å². The summed E-state index contributed by atoms with van der Waals surface area (Å²) in [6, 6.07) is 2.72. The first kappa shape index (κ1) is 15.2. The van der Waals surface area contributed by atoms with Gasteiger partial charge in [-0.25, -0.2) is 4.39 Å². The lowest BCUT2D eigenvalue weighted by atomic mass is 9.99. The van der Waals surface area contributed by atoms with E-state index in [0.717, 1.165) is 17.7 Å². The Morgan fingerprint density at radius 2 is 1.94 bits per heavy atom. The van der Waals surface area contributed by atoms with Gasteiger partial charge in [-0.05, 0) is 23.6 Å². The molecule has 0 bridgehead atoms. The van der Waals surface area contributed by atoms with E-state index in [1.165, 1.54) is 6.08 Å². The average Bonchev–Trinajstić information content (AvgIpc) is 2.25. The van der Waals surface area contributed by atoms with Crippen molar-refractivity contribution in [1.82, 2.24) is 0 Å². The van der Waals surface area contributed by atoms with Gasteiger partial charge in [0.2, 0.25) is 0 Å². The quantitative estimate of drug-likeness (QED) is 0.524. The fourth-order valence-electron chi connectivity index (χ4n) is 1.46. The Kier molecular flexibility index (Phi) is 4.96. The Bertz CT molecular complexity index is 447. The van der Waals surface area contributed by atoms with E-state index in [-0.39, 0.29) is 11.5 Å². The Morgan fingerprint density at radius 3 is 2.39 bits per heavy atom. The molecule has 0 unspecified atom stereocenters. The maximum atomic E-state index is 12.9. The zero-order valence-corrected chi connectivity index (χ0v) is 11.6. The number of benzene rings is 1. The third-order valence-corrected chi connectivity index (χ3v) is 3.21. The van der Waals surface area contributed by atoms with E-state index < -0.39 is 17.6 Å². The van der Waals surface area contributed by atoms with Gasteiger partial charge in [0.1, 0.15) is 5.82 Å². The van der Waals surface area contributed by atoms with Crippen molar-refractivity contribution in [2.24, 2.45) is 5.92 Å². The van der Waals surface area contributed by atoms with Gasteiger partial charge >= 0.3 is 6.18 Å². The molecule has 0 atom stereocenters. The van der Waals surface area contributed by atoms with Crippen LogP contribution in [0.15, 0.2) is 23.8 Å². The number of rotatable bonds is 3. The molecule has 0 nitrogen and oxygen atoms in total. The summed E-state index contributed by atoms with van der Waals surface area (Å²) in [7, 11) is 0. The van der Waals surface area contributed by atoms with E-state index >= 15 is 0 Å². The standard InChI is InChI=1S/C13H13BrF4/c1-8(2)10(7-14)5-9-3-4-11(15)6-12(9)13(16,17)18/h3-6,8H,7H2,1-2H3/b10-5+. The molecule has 0 N–H and O–H groups in total. The molecule has 0 heterocycles. The third kappa shape index (κ3) is 3.83. The van der Waals surface area contributed by atoms with Crippen molar-refractivity contribution in [2.45, 2.75) is 20.0 Å². The summed E-state index contributed by atoms with van der Waals surface area (Å²) in [6.45, 7) is 3.79. The van der Waals surface area contributed by atoms with Crippen LogP contribution in [0.2, 0.25) is 0 Å². The molecule has 0 fully saturated rings. The van der Waals surface area contributed by atoms with Crippen molar-refractivity contribution >= 4 is 22.0 Å². The molecule has 1 aromatic carbocycles. The minimum Gasteiger partial charge on any atom is -0.207 e. The highest BCUT2D eigenvalue weighted by molar-refractivity contribution is 9.09. The van der Waals surface area contributed by atoms with E-state index in [9.17, 15) is 17.6 Å². The van der Waals surface area contributed by atoms with Crippen LogP contribution in [0.25, 0.3) is 6.08 Å². The lowest BCUT2D eigenvalue weighted by Gasteiger charge is -2.13. The summed E-state index contributed by atoms with van der Waals surface area (Å²) < 4.78 is 51.3. The molecule has 0 radical (unpaired) electrons. The smallest absolute Gasteiger partial charge is 0.207 e. The molecular weight excluding hydrogens is 312 g/mol. The molecule has 0 saturated heterocycles. The van der Waals surface area contributed by atoms with Gasteiger partial charge in [-0.2, -0.15) is 13.2 Å². The number of hydrogen-bond acceptors (Lipinski definition) is 0. The second-order valence-electron chi connectivity index (χ2n) is 4.24. The lowest BCUT2D eigenvalue weighted by molar-refractivity contribution is -0.137. The maximum absolute atomic E-state index is 12.9. The molecule has 1 rings (SSSR count). The Balaban J connectivity index is 3.33. The third-order valence-electron chi connectivity index (χ3n) is 2.56. The van der Waals surface area contributed by atoms with E-state index in [4.69, 9.17) is 0 Å². The minimum atomic E-state index is -4.55. The van der Waals surface area contributed by atoms with Crippen molar-refractivity contribution < 1.29 is 17.6 Å². The topological polar surface area (TPSA) is 0 Å². The SMILES string of the molecule is CC(C)/C(=C/c1ccc(F)cc1C(F)(F)F)CBr. The second kappa shape index (κ2) is 5.87. The van der Waals surface area contributed by atoms with Gasteiger partial charge in [0.05, 0.1) is 5.56 Å². The van der Waals surface area contributed by atoms with Crippen LogP contribution in [0.4, 0.5) is 17.6 Å². The summed E-state index contributed by atoms with van der Waals surface area (Å²) >= 11 is 3.24. The molecule has 0 saturated carbocycles. The zero-order valence-electron chi connectivity index (χ0n) is 9.98. The van der Waals surface area contributed by atoms with Crippen LogP contribution in [-0.4, -0.2) is 5.33 Å². The molecule has 0 aliphatic rings. The van der Waals surface area contributed by atoms with Crippen LogP contribution in [-0.2, 0) is 6.18 Å². The maximum Gasteiger partial charge on any atom is 0.417 e. The summed E-state index contributed by atoms with van der Waals surface area (Å²) in [4.78, 5) is 0. The highest BCUT2D eigenvalue weighted by Crippen LogP contribution is 2.34. The first-order chi connectivity index (χ1) is 8.25. The number of allylic oxidation sites excluding steroid dienone is 1. The normalized spacial score (nSPS) is 13.2. The predicted molar refractivity (Wildman–Crippen MR) is 68.0 cm³/mol. The molecule has 0 aliphatic heterocycles. The van der Waals surface area contributed by atoms with Gasteiger partial charge < -0.3 is 0 Å². The van der Waals surface area contributed by atoms with E-state index in [1.807, 2.05) is 13.8 Å². The number of hydrogen-bond donors (Lipinski definition) is 0. The molecule has 18 heavy (non-hydrogen) atoms. The summed E-state index contributed by atoms with van der Waals surface area (Å²) in [5, 5.41) is 0.485. The summed E-state index contributed by atoms with van der Waals surface area (Å²) in [5.41, 5.74) is -0.124. The first-order valence-electron chi connectivity index (χ1n) is 5.39. The molecule has 5 heteroatoms. The Labute approximate surface area is 112 Å². The van der Waals surface area contributed by atoms with Crippen molar-refractivity contribution in [1.29, 1.82) is 0 Å². The molecule has 1 aromatic rings. The number of alkyl halides is 4. The lowest BCUT2D eigenvalue weighted by Crippen LogP contribution is -2.08. The van der Waals surface area contributed by atoms with Crippen LogP contribution in [0.5, 0.6) is 0 Å². The highest BCUT2D eigenvalue weighted by atomic mass is 79.9. The Morgan fingerprint density at radius 1 is 1.33 bits per heavy atom. The zero-order chi connectivity index (χ0) is 13.9. The largest absolute Gasteiger partial charge is 0.417 e. The van der Waals surface area contributed by atoms with Gasteiger partial charge in [-0.15, -0.1) is 0 Å². The molecule has 0 aromatic heterocycles. The van der Waals surface area contributed by atoms with Gasteiger partial charge in [0, 0.05) is 5.33 Å². The van der Waals surface area contributed by atoms with Crippen LogP contribution >= 0.6 is 15.9 Å². The first-order valence-corrected chi connectivity index (χ1v) is 6.51. The predicted octanol–water partition coefficient (Wildman–Crippen LogP) is 5.28. The monoisotopic (exact) mass is 324 g/mol. The molecule has 0 spiro atoms. The minimum absolute atomic E-state index is 0.00736. The summed E-state index contributed by atoms with van der Waals surface area (Å²) in [5.74, 6) is -0.764. The van der Waals surface area contributed by atoms with Crippen molar-refractivity contribution in [3.63, 3.8) is 0 Å². The molecule has 100 valence electrons. The Hall–Kier alpha value is -0.840. The van der Waals surface area contributed by atoms with E-state index in [2.05, 4.69) is 15.9 Å². The van der Waals surface area contributed by atoms with Gasteiger partial charge in [-0.1, -0.05) is 47.5 Å². The molecule has 0 aliphatic carbocycles. The molecular formula is C13H13BrF4. The van der Waals surface area contributed by atoms with Crippen LogP contribution in [0.1, 0.15) is 25.0 Å². The van der Waals surface area contributed by atoms with Gasteiger partial charge in [-0.3, -0.25) is 0 Å². The van der Waals surface area contributed by atoms with Gasteiger partial charge in [0.25, 0.3) is 0 Å². The van der Waals surface area contributed by atoms with Gasteiger partial charge in [0.15, 0.2) is 0 Å². The fraction of sp³-hybridized carbons (Fsp3) is 0.385. The highest BCUT2D eigenvalue weighted by Gasteiger charge is 2.33. The van der Waals surface area contributed by atoms with Crippen LogP contribution < -0.4 is 0 Å².